The number of benzene rings is 3. The van der Waals surface area contributed by atoms with Crippen LogP contribution in [0.25, 0.3) is 10.9 Å². The summed E-state index contributed by atoms with van der Waals surface area (Å²) in [7, 11) is 1.24. The zero-order valence-corrected chi connectivity index (χ0v) is 16.7. The third-order valence-corrected chi connectivity index (χ3v) is 4.72. The molecule has 6 nitrogen and oxygen atoms in total. The van der Waals surface area contributed by atoms with Crippen molar-refractivity contribution in [3.05, 3.63) is 88.9 Å². The molecule has 7 heteroatoms. The molecule has 0 saturated carbocycles. The summed E-state index contributed by atoms with van der Waals surface area (Å²) in [5, 5.41) is 12.0. The molecule has 0 aliphatic rings. The first kappa shape index (κ1) is 19.5. The predicted molar refractivity (Wildman–Crippen MR) is 116 cm³/mol. The Morgan fingerprint density at radius 1 is 1.03 bits per heavy atom. The minimum absolute atomic E-state index is 0.0446. The molecule has 150 valence electrons. The highest BCUT2D eigenvalue weighted by Gasteiger charge is 2.19. The van der Waals surface area contributed by atoms with Crippen LogP contribution in [0.2, 0.25) is 5.02 Å². The van der Waals surface area contributed by atoms with Crippen LogP contribution in [-0.2, 0) is 4.74 Å². The van der Waals surface area contributed by atoms with E-state index in [1.54, 1.807) is 42.5 Å². The summed E-state index contributed by atoms with van der Waals surface area (Å²) in [6.07, 6.45) is -0.825. The molecule has 0 spiro atoms. The largest absolute Gasteiger partial charge is 0.513 e. The zero-order chi connectivity index (χ0) is 21.1. The lowest BCUT2D eigenvalue weighted by Gasteiger charge is -2.08. The van der Waals surface area contributed by atoms with Crippen molar-refractivity contribution >= 4 is 40.1 Å². The van der Waals surface area contributed by atoms with Crippen molar-refractivity contribution in [2.75, 3.05) is 7.11 Å². The summed E-state index contributed by atoms with van der Waals surface area (Å²) in [4.78, 5) is 19.2. The molecular formula is C23H17ClN2O4. The van der Waals surface area contributed by atoms with Gasteiger partial charge in [0.1, 0.15) is 5.75 Å². The van der Waals surface area contributed by atoms with Crippen molar-refractivity contribution in [3.8, 4) is 11.6 Å². The third-order valence-electron chi connectivity index (χ3n) is 4.47. The van der Waals surface area contributed by atoms with E-state index in [1.165, 1.54) is 7.11 Å². The summed E-state index contributed by atoms with van der Waals surface area (Å²) >= 11 is 5.99. The number of hydrogen-bond acceptors (Lipinski definition) is 5. The lowest BCUT2D eigenvalue weighted by Crippen LogP contribution is -2.07. The van der Waals surface area contributed by atoms with Gasteiger partial charge in [0.2, 0.25) is 0 Å². The molecule has 3 aromatic carbocycles. The van der Waals surface area contributed by atoms with Crippen molar-refractivity contribution < 1.29 is 19.4 Å². The van der Waals surface area contributed by atoms with E-state index >= 15 is 0 Å². The molecule has 0 unspecified atom stereocenters. The van der Waals surface area contributed by atoms with E-state index in [2.05, 4.69) is 9.72 Å². The lowest BCUT2D eigenvalue weighted by atomic mass is 10.0. The molecule has 0 saturated heterocycles. The fourth-order valence-electron chi connectivity index (χ4n) is 3.10. The van der Waals surface area contributed by atoms with Gasteiger partial charge in [0.15, 0.2) is 5.88 Å². The topological polar surface area (TPSA) is 83.9 Å². The van der Waals surface area contributed by atoms with Crippen LogP contribution >= 0.6 is 11.6 Å². The second kappa shape index (κ2) is 8.31. The number of nitrogens with zero attached hydrogens (tertiary/aromatic N) is 1. The number of aromatic nitrogens is 1. The maximum atomic E-state index is 11.5. The molecule has 1 aromatic heterocycles. The number of carbonyl (C=O) groups excluding carboxylic acids is 1. The Labute approximate surface area is 177 Å². The second-order valence-electron chi connectivity index (χ2n) is 6.42. The molecule has 0 radical (unpaired) electrons. The van der Waals surface area contributed by atoms with Gasteiger partial charge in [-0.15, -0.1) is 0 Å². The first-order valence-corrected chi connectivity index (χ1v) is 9.43. The highest BCUT2D eigenvalue weighted by Crippen LogP contribution is 2.34. The molecule has 0 aliphatic carbocycles. The molecule has 1 heterocycles. The number of halogens is 1. The summed E-state index contributed by atoms with van der Waals surface area (Å²) in [5.41, 5.74) is 3.19. The highest BCUT2D eigenvalue weighted by atomic mass is 35.5. The minimum atomic E-state index is -0.825. The SMILES string of the molecule is COC(=O)Oc1ccc2[nH]c(O)c(C(=Nc3ccc(Cl)cc3)c3ccccc3)c2c1. The Morgan fingerprint density at radius 2 is 1.77 bits per heavy atom. The average molecular weight is 421 g/mol. The number of carbonyl (C=O) groups is 1. The van der Waals surface area contributed by atoms with Crippen LogP contribution in [0.1, 0.15) is 11.1 Å². The molecule has 0 atom stereocenters. The summed E-state index contributed by atoms with van der Waals surface area (Å²) < 4.78 is 9.70. The van der Waals surface area contributed by atoms with Crippen LogP contribution in [0.3, 0.4) is 0 Å². The molecule has 0 fully saturated rings. The monoisotopic (exact) mass is 420 g/mol. The Kier molecular flexibility index (Phi) is 5.41. The first-order valence-electron chi connectivity index (χ1n) is 9.05. The van der Waals surface area contributed by atoms with Gasteiger partial charge in [-0.2, -0.15) is 0 Å². The van der Waals surface area contributed by atoms with E-state index in [0.717, 1.165) is 5.56 Å². The van der Waals surface area contributed by atoms with Crippen molar-refractivity contribution in [3.63, 3.8) is 0 Å². The van der Waals surface area contributed by atoms with Crippen molar-refractivity contribution in [2.45, 2.75) is 0 Å². The van der Waals surface area contributed by atoms with Gasteiger partial charge >= 0.3 is 6.16 Å². The van der Waals surface area contributed by atoms with Crippen LogP contribution in [0.4, 0.5) is 10.5 Å². The maximum absolute atomic E-state index is 11.5. The Bertz CT molecular complexity index is 1230. The number of aromatic hydroxyl groups is 1. The van der Waals surface area contributed by atoms with Crippen molar-refractivity contribution in [1.29, 1.82) is 0 Å². The van der Waals surface area contributed by atoms with Gasteiger partial charge in [0.25, 0.3) is 0 Å². The van der Waals surface area contributed by atoms with Gasteiger partial charge in [-0.25, -0.2) is 9.79 Å². The molecular weight excluding hydrogens is 404 g/mol. The fourth-order valence-corrected chi connectivity index (χ4v) is 3.23. The highest BCUT2D eigenvalue weighted by molar-refractivity contribution is 6.30. The molecule has 2 N–H and O–H groups in total. The number of hydrogen-bond donors (Lipinski definition) is 2. The predicted octanol–water partition coefficient (Wildman–Crippen LogP) is 5.84. The second-order valence-corrected chi connectivity index (χ2v) is 6.85. The van der Waals surface area contributed by atoms with Crippen LogP contribution in [0.15, 0.2) is 77.8 Å². The zero-order valence-electron chi connectivity index (χ0n) is 15.9. The number of methoxy groups -OCH3 is 1. The van der Waals surface area contributed by atoms with Crippen molar-refractivity contribution in [2.24, 2.45) is 4.99 Å². The standard InChI is InChI=1S/C23H17ClN2O4/c1-29-23(28)30-17-11-12-19-18(13-17)20(22(27)26-19)21(14-5-3-2-4-6-14)25-16-9-7-15(24)8-10-16/h2-13,26-27H,1H3. The smallest absolute Gasteiger partial charge is 0.494 e. The number of fused-ring (bicyclic) bond motifs is 1. The summed E-state index contributed by atoms with van der Waals surface area (Å²) in [6.45, 7) is 0. The first-order chi connectivity index (χ1) is 14.5. The van der Waals surface area contributed by atoms with E-state index in [9.17, 15) is 9.90 Å². The van der Waals surface area contributed by atoms with Gasteiger partial charge in [0.05, 0.1) is 24.1 Å². The van der Waals surface area contributed by atoms with Gasteiger partial charge < -0.3 is 19.6 Å². The molecule has 0 bridgehead atoms. The van der Waals surface area contributed by atoms with Crippen LogP contribution in [0, 0.1) is 0 Å². The van der Waals surface area contributed by atoms with E-state index in [4.69, 9.17) is 21.3 Å². The average Bonchev–Trinajstić information content (AvgIpc) is 3.09. The maximum Gasteiger partial charge on any atom is 0.513 e. The Morgan fingerprint density at radius 3 is 2.47 bits per heavy atom. The summed E-state index contributed by atoms with van der Waals surface area (Å²) in [5.74, 6) is 0.241. The summed E-state index contributed by atoms with van der Waals surface area (Å²) in [6, 6.07) is 21.6. The fraction of sp³-hybridized carbons (Fsp3) is 0.0435. The number of nitrogens with one attached hydrogen (secondary N) is 1. The van der Waals surface area contributed by atoms with Crippen LogP contribution < -0.4 is 4.74 Å². The van der Waals surface area contributed by atoms with Crippen LogP contribution in [0.5, 0.6) is 11.6 Å². The lowest BCUT2D eigenvalue weighted by molar-refractivity contribution is 0.121. The van der Waals surface area contributed by atoms with E-state index in [1.807, 2.05) is 30.3 Å². The van der Waals surface area contributed by atoms with E-state index < -0.39 is 6.16 Å². The van der Waals surface area contributed by atoms with E-state index in [-0.39, 0.29) is 11.6 Å². The Balaban J connectivity index is 1.92. The van der Waals surface area contributed by atoms with Gasteiger partial charge in [-0.1, -0.05) is 41.9 Å². The number of ether oxygens (including phenoxy) is 2. The Hall–Kier alpha value is -3.77. The number of aliphatic imine (C=N–C) groups is 1. The van der Waals surface area contributed by atoms with Gasteiger partial charge in [-0.3, -0.25) is 0 Å². The number of aromatic amines is 1. The minimum Gasteiger partial charge on any atom is -0.494 e. The van der Waals surface area contributed by atoms with Crippen LogP contribution in [-0.4, -0.2) is 29.1 Å². The van der Waals surface area contributed by atoms with E-state index in [0.29, 0.717) is 32.9 Å². The molecule has 0 aliphatic heterocycles. The normalized spacial score (nSPS) is 11.5. The molecule has 30 heavy (non-hydrogen) atoms. The quantitative estimate of drug-likeness (QED) is 0.247. The van der Waals surface area contributed by atoms with Gasteiger partial charge in [0, 0.05) is 21.5 Å². The van der Waals surface area contributed by atoms with Gasteiger partial charge in [-0.05, 0) is 42.5 Å². The number of H-pyrrole nitrogens is 1. The van der Waals surface area contributed by atoms with Crippen molar-refractivity contribution in [1.82, 2.24) is 4.98 Å². The third kappa shape index (κ3) is 3.99. The molecule has 4 aromatic rings. The number of rotatable bonds is 4. The molecule has 0 amide bonds. The molecule has 4 rings (SSSR count).